The molecule has 6 rings (SSSR count). The minimum absolute atomic E-state index is 0.0662. The second-order valence-corrected chi connectivity index (χ2v) is 12.4. The van der Waals surface area contributed by atoms with Crippen molar-refractivity contribution in [2.45, 2.75) is 49.2 Å². The summed E-state index contributed by atoms with van der Waals surface area (Å²) in [6.07, 6.45) is -2.87. The number of rotatable bonds is 11. The first-order chi connectivity index (χ1) is 22.7. The van der Waals surface area contributed by atoms with Crippen molar-refractivity contribution in [3.63, 3.8) is 0 Å². The van der Waals surface area contributed by atoms with Crippen LogP contribution < -0.4 is 20.5 Å². The molecule has 0 saturated heterocycles. The minimum Gasteiger partial charge on any atom is -0.494 e. The summed E-state index contributed by atoms with van der Waals surface area (Å²) in [7, 11) is 1.40. The van der Waals surface area contributed by atoms with Crippen molar-refractivity contribution in [3.05, 3.63) is 70.8 Å². The van der Waals surface area contributed by atoms with Gasteiger partial charge in [0.15, 0.2) is 0 Å². The number of benzene rings is 2. The number of hydrogen-bond donors (Lipinski definition) is 3. The van der Waals surface area contributed by atoms with Crippen LogP contribution in [-0.2, 0) is 15.6 Å². The number of carbonyl (C=O) groups excluding carboxylic acids is 2. The van der Waals surface area contributed by atoms with E-state index in [1.165, 1.54) is 38.3 Å². The van der Waals surface area contributed by atoms with E-state index in [2.05, 4.69) is 15.4 Å². The fraction of sp³-hybridized carbons (Fsp3) is 0.394. The Kier molecular flexibility index (Phi) is 8.30. The molecule has 15 heteroatoms. The summed E-state index contributed by atoms with van der Waals surface area (Å²) < 4.78 is 84.6. The van der Waals surface area contributed by atoms with Gasteiger partial charge >= 0.3 is 6.18 Å². The van der Waals surface area contributed by atoms with E-state index in [0.29, 0.717) is 10.9 Å². The standard InChI is InChI=1S/C33H32F5N5O5/c1-17-7-18(3-6-23(17)35)27-28-22(32(13-34,16-48-28)30(39)46)10-25(41-27)31(15-44,12-33(36,37)38)14-40-29(45)19-8-20-11-43(21-4-5-21)42-26(20)24(9-19)47-2/h3,6-11,21,44H,4-5,12-16H2,1-2H3,(H2,39,46)(H,40,45). The van der Waals surface area contributed by atoms with Gasteiger partial charge in [-0.25, -0.2) is 13.8 Å². The summed E-state index contributed by atoms with van der Waals surface area (Å²) >= 11 is 0. The molecule has 4 N–H and O–H groups in total. The maximum Gasteiger partial charge on any atom is 0.390 e. The Morgan fingerprint density at radius 2 is 1.96 bits per heavy atom. The van der Waals surface area contributed by atoms with Gasteiger partial charge in [-0.3, -0.25) is 14.3 Å². The number of aryl methyl sites for hydroxylation is 1. The van der Waals surface area contributed by atoms with Crippen molar-refractivity contribution in [2.24, 2.45) is 5.73 Å². The summed E-state index contributed by atoms with van der Waals surface area (Å²) in [4.78, 5) is 30.6. The van der Waals surface area contributed by atoms with Crippen LogP contribution in [0.4, 0.5) is 22.0 Å². The SMILES string of the molecule is COc1cc(C(=O)NCC(CO)(CC(F)(F)F)c2cc3c(c(-c4ccc(F)c(C)c4)n2)OCC3(CF)C(N)=O)cc2cn(C3CC3)nc12. The number of pyridine rings is 1. The van der Waals surface area contributed by atoms with E-state index in [4.69, 9.17) is 15.2 Å². The first-order valence-corrected chi connectivity index (χ1v) is 15.1. The largest absolute Gasteiger partial charge is 0.494 e. The molecular formula is C33H32F5N5O5. The number of aromatic nitrogens is 3. The van der Waals surface area contributed by atoms with Gasteiger partial charge in [-0.05, 0) is 61.7 Å². The van der Waals surface area contributed by atoms with Crippen LogP contribution >= 0.6 is 0 Å². The zero-order valence-corrected chi connectivity index (χ0v) is 26.0. The third kappa shape index (κ3) is 5.80. The number of hydrogen-bond acceptors (Lipinski definition) is 7. The highest BCUT2D eigenvalue weighted by Gasteiger charge is 2.51. The summed E-state index contributed by atoms with van der Waals surface area (Å²) in [5, 5.41) is 18.3. The zero-order chi connectivity index (χ0) is 34.6. The second kappa shape index (κ2) is 12.0. The van der Waals surface area contributed by atoms with E-state index in [1.54, 1.807) is 10.9 Å². The van der Waals surface area contributed by atoms with Crippen molar-refractivity contribution in [1.29, 1.82) is 0 Å². The number of nitrogens with two attached hydrogens (primary N) is 1. The Morgan fingerprint density at radius 3 is 2.56 bits per heavy atom. The molecule has 48 heavy (non-hydrogen) atoms. The van der Waals surface area contributed by atoms with Crippen LogP contribution in [0, 0.1) is 12.7 Å². The number of ether oxygens (including phenoxy) is 2. The van der Waals surface area contributed by atoms with Crippen LogP contribution in [-0.4, -0.2) is 71.4 Å². The lowest BCUT2D eigenvalue weighted by Gasteiger charge is -2.34. The number of nitrogens with zero attached hydrogens (tertiary/aromatic N) is 3. The lowest BCUT2D eigenvalue weighted by Crippen LogP contribution is -2.48. The third-order valence-corrected chi connectivity index (χ3v) is 9.05. The van der Waals surface area contributed by atoms with Gasteiger partial charge < -0.3 is 25.6 Å². The van der Waals surface area contributed by atoms with Gasteiger partial charge in [0.05, 0.1) is 37.3 Å². The van der Waals surface area contributed by atoms with Crippen molar-refractivity contribution in [1.82, 2.24) is 20.1 Å². The van der Waals surface area contributed by atoms with Crippen LogP contribution in [0.2, 0.25) is 0 Å². The molecule has 0 radical (unpaired) electrons. The molecule has 3 heterocycles. The van der Waals surface area contributed by atoms with Gasteiger partial charge in [0.25, 0.3) is 5.91 Å². The first-order valence-electron chi connectivity index (χ1n) is 15.1. The van der Waals surface area contributed by atoms with Gasteiger partial charge in [0.2, 0.25) is 5.91 Å². The van der Waals surface area contributed by atoms with Crippen LogP contribution in [0.5, 0.6) is 11.5 Å². The molecule has 1 fully saturated rings. The summed E-state index contributed by atoms with van der Waals surface area (Å²) in [6, 6.07) is 8.03. The molecule has 2 atom stereocenters. The Bertz CT molecular complexity index is 1930. The van der Waals surface area contributed by atoms with E-state index >= 15 is 0 Å². The lowest BCUT2D eigenvalue weighted by atomic mass is 9.76. The molecule has 0 spiro atoms. The number of aliphatic hydroxyl groups is 1. The summed E-state index contributed by atoms with van der Waals surface area (Å²) in [5.41, 5.74) is 1.44. The smallest absolute Gasteiger partial charge is 0.390 e. The van der Waals surface area contributed by atoms with Gasteiger partial charge in [-0.15, -0.1) is 0 Å². The van der Waals surface area contributed by atoms with Crippen LogP contribution in [0.25, 0.3) is 22.2 Å². The maximum atomic E-state index is 14.6. The zero-order valence-electron chi connectivity index (χ0n) is 26.0. The van der Waals surface area contributed by atoms with E-state index in [0.717, 1.165) is 25.0 Å². The van der Waals surface area contributed by atoms with Gasteiger partial charge in [-0.1, -0.05) is 0 Å². The number of alkyl halides is 4. The van der Waals surface area contributed by atoms with Crippen molar-refractivity contribution >= 4 is 22.7 Å². The predicted molar refractivity (Wildman–Crippen MR) is 163 cm³/mol. The number of fused-ring (bicyclic) bond motifs is 2. The summed E-state index contributed by atoms with van der Waals surface area (Å²) in [6.45, 7) is -2.39. The molecule has 254 valence electrons. The highest BCUT2D eigenvalue weighted by atomic mass is 19.4. The molecule has 1 saturated carbocycles. The molecule has 2 aromatic carbocycles. The molecule has 10 nitrogen and oxygen atoms in total. The molecule has 2 amide bonds. The second-order valence-electron chi connectivity index (χ2n) is 12.4. The molecule has 1 aliphatic heterocycles. The number of carbonyl (C=O) groups is 2. The lowest BCUT2D eigenvalue weighted by molar-refractivity contribution is -0.152. The number of primary amides is 1. The van der Waals surface area contributed by atoms with Crippen LogP contribution in [0.15, 0.2) is 42.6 Å². The fourth-order valence-corrected chi connectivity index (χ4v) is 6.05. The fourth-order valence-electron chi connectivity index (χ4n) is 6.05. The highest BCUT2D eigenvalue weighted by Crippen LogP contribution is 2.47. The molecule has 2 aromatic heterocycles. The monoisotopic (exact) mass is 673 g/mol. The minimum atomic E-state index is -4.89. The molecule has 2 unspecified atom stereocenters. The molecule has 4 aromatic rings. The van der Waals surface area contributed by atoms with E-state index in [-0.39, 0.29) is 45.5 Å². The highest BCUT2D eigenvalue weighted by molar-refractivity contribution is 6.00. The van der Waals surface area contributed by atoms with Crippen molar-refractivity contribution in [3.8, 4) is 22.8 Å². The van der Waals surface area contributed by atoms with Gasteiger partial charge in [0.1, 0.15) is 47.2 Å². The van der Waals surface area contributed by atoms with E-state index in [1.807, 2.05) is 0 Å². The molecule has 0 bridgehead atoms. The quantitative estimate of drug-likeness (QED) is 0.198. The van der Waals surface area contributed by atoms with Crippen LogP contribution in [0.1, 0.15) is 52.5 Å². The Labute approximate surface area is 271 Å². The third-order valence-electron chi connectivity index (χ3n) is 9.05. The van der Waals surface area contributed by atoms with Crippen molar-refractivity contribution in [2.75, 3.05) is 33.5 Å². The first kappa shape index (κ1) is 33.1. The Hall–Kier alpha value is -4.79. The van der Waals surface area contributed by atoms with Gasteiger partial charge in [-0.2, -0.15) is 18.3 Å². The average molecular weight is 674 g/mol. The van der Waals surface area contributed by atoms with E-state index in [9.17, 15) is 36.6 Å². The Balaban J connectivity index is 1.45. The number of methoxy groups -OCH3 is 1. The number of amides is 2. The average Bonchev–Trinajstić information content (AvgIpc) is 3.69. The number of nitrogens with one attached hydrogen (secondary N) is 1. The molecule has 1 aliphatic carbocycles. The van der Waals surface area contributed by atoms with Crippen LogP contribution in [0.3, 0.4) is 0 Å². The molecular weight excluding hydrogens is 641 g/mol. The Morgan fingerprint density at radius 1 is 1.21 bits per heavy atom. The number of halogens is 5. The van der Waals surface area contributed by atoms with Crippen molar-refractivity contribution < 1.29 is 46.1 Å². The topological polar surface area (TPSA) is 142 Å². The number of aliphatic hydroxyl groups excluding tert-OH is 1. The maximum absolute atomic E-state index is 14.6. The predicted octanol–water partition coefficient (Wildman–Crippen LogP) is 4.59. The molecule has 2 aliphatic rings. The van der Waals surface area contributed by atoms with E-state index < -0.39 is 73.2 Å². The normalized spacial score (nSPS) is 18.7. The van der Waals surface area contributed by atoms with Gasteiger partial charge in [0, 0.05) is 34.8 Å². The summed E-state index contributed by atoms with van der Waals surface area (Å²) in [5.74, 6) is -2.30.